The van der Waals surface area contributed by atoms with Crippen molar-refractivity contribution < 1.29 is 19.7 Å². The zero-order valence-electron chi connectivity index (χ0n) is 17.0. The van der Waals surface area contributed by atoms with Gasteiger partial charge < -0.3 is 20.3 Å². The van der Waals surface area contributed by atoms with Crippen molar-refractivity contribution in [1.29, 1.82) is 0 Å². The van der Waals surface area contributed by atoms with Gasteiger partial charge in [-0.3, -0.25) is 9.78 Å². The van der Waals surface area contributed by atoms with Crippen LogP contribution in [0.4, 0.5) is 0 Å². The number of rotatable bonds is 7. The van der Waals surface area contributed by atoms with Crippen LogP contribution in [0.1, 0.15) is 47.8 Å². The van der Waals surface area contributed by atoms with Gasteiger partial charge in [0.15, 0.2) is 0 Å². The number of fused-ring (bicyclic) bond motifs is 1. The molecule has 0 spiro atoms. The Labute approximate surface area is 170 Å². The van der Waals surface area contributed by atoms with E-state index in [0.717, 1.165) is 22.3 Å². The van der Waals surface area contributed by atoms with Crippen LogP contribution in [0.2, 0.25) is 0 Å². The zero-order valence-corrected chi connectivity index (χ0v) is 17.0. The van der Waals surface area contributed by atoms with Crippen molar-refractivity contribution in [3.05, 3.63) is 64.5 Å². The highest BCUT2D eigenvalue weighted by molar-refractivity contribution is 5.97. The predicted octanol–water partition coefficient (Wildman–Crippen LogP) is 1.83. The molecule has 1 aromatic heterocycles. The molecule has 0 bridgehead atoms. The summed E-state index contributed by atoms with van der Waals surface area (Å²) in [6.45, 7) is 5.91. The number of pyridine rings is 1. The summed E-state index contributed by atoms with van der Waals surface area (Å²) in [5.74, 6) is 0.250. The molecule has 1 atom stereocenters. The maximum atomic E-state index is 12.7. The summed E-state index contributed by atoms with van der Waals surface area (Å²) in [6.07, 6.45) is 1.74. The minimum Gasteiger partial charge on any atom is -0.475 e. The molecule has 0 saturated carbocycles. The van der Waals surface area contributed by atoms with E-state index in [1.165, 1.54) is 0 Å². The summed E-state index contributed by atoms with van der Waals surface area (Å²) in [4.78, 5) is 21.3. The summed E-state index contributed by atoms with van der Waals surface area (Å²) in [5.41, 5.74) is 3.19. The van der Waals surface area contributed by atoms with Gasteiger partial charge in [-0.15, -0.1) is 0 Å². The Morgan fingerprint density at radius 3 is 2.69 bits per heavy atom. The lowest BCUT2D eigenvalue weighted by Crippen LogP contribution is -2.42. The van der Waals surface area contributed by atoms with Crippen LogP contribution in [0.15, 0.2) is 41.5 Å². The Morgan fingerprint density at radius 2 is 2.03 bits per heavy atom. The lowest BCUT2D eigenvalue weighted by Gasteiger charge is -2.30. The minimum absolute atomic E-state index is 0.0800. The van der Waals surface area contributed by atoms with Gasteiger partial charge in [0.1, 0.15) is 6.61 Å². The number of ether oxygens (including phenoxy) is 1. The van der Waals surface area contributed by atoms with Crippen LogP contribution in [0.25, 0.3) is 0 Å². The van der Waals surface area contributed by atoms with Gasteiger partial charge in [-0.2, -0.15) is 0 Å². The third-order valence-electron chi connectivity index (χ3n) is 4.76. The third-order valence-corrected chi connectivity index (χ3v) is 4.76. The predicted molar refractivity (Wildman–Crippen MR) is 110 cm³/mol. The number of aromatic nitrogens is 1. The summed E-state index contributed by atoms with van der Waals surface area (Å²) < 4.78 is 5.40. The number of nitrogens with zero attached hydrogens (tertiary/aromatic N) is 2. The first-order valence-corrected chi connectivity index (χ1v) is 9.62. The number of nitrogens with one attached hydrogen (secondary N) is 1. The van der Waals surface area contributed by atoms with E-state index in [1.54, 1.807) is 20.0 Å². The molecule has 29 heavy (non-hydrogen) atoms. The molecule has 3 rings (SSSR count). The van der Waals surface area contributed by atoms with E-state index in [4.69, 9.17) is 9.84 Å². The van der Waals surface area contributed by atoms with E-state index in [1.807, 2.05) is 37.3 Å². The van der Waals surface area contributed by atoms with Gasteiger partial charge in [0.25, 0.3) is 0 Å². The van der Waals surface area contributed by atoms with Gasteiger partial charge in [0, 0.05) is 6.20 Å². The van der Waals surface area contributed by atoms with Gasteiger partial charge in [-0.25, -0.2) is 4.99 Å². The van der Waals surface area contributed by atoms with E-state index < -0.39 is 11.6 Å². The van der Waals surface area contributed by atoms with Crippen LogP contribution >= 0.6 is 0 Å². The molecule has 1 aromatic carbocycles. The first-order chi connectivity index (χ1) is 13.8. The molecule has 0 fully saturated rings. The summed E-state index contributed by atoms with van der Waals surface area (Å²) in [7, 11) is 0. The fourth-order valence-electron chi connectivity index (χ4n) is 3.28. The van der Waals surface area contributed by atoms with Gasteiger partial charge in [0.2, 0.25) is 11.8 Å². The highest BCUT2D eigenvalue weighted by atomic mass is 16.5. The Balaban J connectivity index is 1.69. The maximum absolute atomic E-state index is 12.7. The van der Waals surface area contributed by atoms with Gasteiger partial charge in [0.05, 0.1) is 42.5 Å². The van der Waals surface area contributed by atoms with Crippen molar-refractivity contribution in [2.45, 2.75) is 45.4 Å². The molecule has 2 aromatic rings. The van der Waals surface area contributed by atoms with Crippen molar-refractivity contribution in [1.82, 2.24) is 10.3 Å². The smallest absolute Gasteiger partial charge is 0.226 e. The molecule has 3 N–H and O–H groups in total. The minimum atomic E-state index is -1.12. The topological polar surface area (TPSA) is 104 Å². The number of aliphatic hydroxyl groups excluding tert-OH is 1. The Bertz CT molecular complexity index is 901. The number of aliphatic imine (C=N–C) groups is 1. The average molecular weight is 397 g/mol. The van der Waals surface area contributed by atoms with Crippen LogP contribution in [0.3, 0.4) is 0 Å². The van der Waals surface area contributed by atoms with Crippen molar-refractivity contribution in [3.63, 3.8) is 0 Å². The molecule has 0 radical (unpaired) electrons. The number of amides is 1. The zero-order chi connectivity index (χ0) is 21.0. The van der Waals surface area contributed by atoms with E-state index in [2.05, 4.69) is 15.3 Å². The van der Waals surface area contributed by atoms with Gasteiger partial charge >= 0.3 is 0 Å². The number of hydrogen-bond donors (Lipinski definition) is 3. The monoisotopic (exact) mass is 397 g/mol. The first-order valence-electron chi connectivity index (χ1n) is 9.62. The number of aliphatic hydroxyl groups is 2. The van der Waals surface area contributed by atoms with Gasteiger partial charge in [-0.1, -0.05) is 29.8 Å². The molecule has 7 nitrogen and oxygen atoms in total. The summed E-state index contributed by atoms with van der Waals surface area (Å²) in [6, 6.07) is 9.05. The van der Waals surface area contributed by atoms with Crippen LogP contribution in [0, 0.1) is 6.92 Å². The van der Waals surface area contributed by atoms with Crippen LogP contribution < -0.4 is 5.32 Å². The second kappa shape index (κ2) is 8.71. The lowest BCUT2D eigenvalue weighted by molar-refractivity contribution is -0.123. The molecule has 7 heteroatoms. The molecule has 2 heterocycles. The summed E-state index contributed by atoms with van der Waals surface area (Å²) >= 11 is 0. The van der Waals surface area contributed by atoms with E-state index in [0.29, 0.717) is 18.1 Å². The fraction of sp³-hybridized carbons (Fsp3) is 0.409. The molecular weight excluding hydrogens is 370 g/mol. The average Bonchev–Trinajstić information content (AvgIpc) is 3.06. The molecular formula is C22H27N3O4. The quantitative estimate of drug-likeness (QED) is 0.661. The number of benzene rings is 1. The molecule has 1 aliphatic rings. The molecule has 154 valence electrons. The van der Waals surface area contributed by atoms with Gasteiger partial charge in [-0.05, 0) is 38.0 Å². The number of aryl methyl sites for hydroxylation is 1. The molecule has 0 saturated heterocycles. The van der Waals surface area contributed by atoms with Crippen molar-refractivity contribution >= 4 is 11.8 Å². The standard InChI is InChI=1S/C22H27N3O4/c1-14-4-6-15(7-5-14)20(22(2,3)28)25-19(27)11-17-10-16-12-24-21(29-9-8-26)18(16)13-23-17/h4-7,10,13,20,26,28H,8-9,11-12H2,1-3H3,(H,25,27)/t20-/m0/s1. The number of hydrogen-bond acceptors (Lipinski definition) is 6. The SMILES string of the molecule is Cc1ccc([C@H](NC(=O)Cc2cc3c(cn2)C(OCCO)=NC3)C(C)(C)O)cc1. The van der Waals surface area contributed by atoms with Crippen molar-refractivity contribution in [2.24, 2.45) is 4.99 Å². The van der Waals surface area contributed by atoms with Crippen LogP contribution in [-0.2, 0) is 22.5 Å². The van der Waals surface area contributed by atoms with E-state index >= 15 is 0 Å². The first kappa shape index (κ1) is 21.0. The van der Waals surface area contributed by atoms with Crippen LogP contribution in [0.5, 0.6) is 0 Å². The Kier molecular flexibility index (Phi) is 6.30. The van der Waals surface area contributed by atoms with E-state index in [9.17, 15) is 9.90 Å². The maximum Gasteiger partial charge on any atom is 0.226 e. The largest absolute Gasteiger partial charge is 0.475 e. The molecule has 1 aliphatic heterocycles. The molecule has 0 unspecified atom stereocenters. The Morgan fingerprint density at radius 1 is 1.31 bits per heavy atom. The second-order valence-corrected chi connectivity index (χ2v) is 7.77. The second-order valence-electron chi connectivity index (χ2n) is 7.77. The molecule has 1 amide bonds. The van der Waals surface area contributed by atoms with Crippen molar-refractivity contribution in [3.8, 4) is 0 Å². The van der Waals surface area contributed by atoms with Crippen LogP contribution in [-0.4, -0.2) is 45.8 Å². The number of carbonyl (C=O) groups excluding carboxylic acids is 1. The molecule has 0 aliphatic carbocycles. The highest BCUT2D eigenvalue weighted by Gasteiger charge is 2.30. The third kappa shape index (κ3) is 5.19. The lowest BCUT2D eigenvalue weighted by atomic mass is 9.91. The van der Waals surface area contributed by atoms with Crippen molar-refractivity contribution in [2.75, 3.05) is 13.2 Å². The van der Waals surface area contributed by atoms with E-state index in [-0.39, 0.29) is 25.5 Å². The fourth-order valence-corrected chi connectivity index (χ4v) is 3.28. The highest BCUT2D eigenvalue weighted by Crippen LogP contribution is 2.26. The summed E-state index contributed by atoms with van der Waals surface area (Å²) in [5, 5.41) is 22.4. The number of carbonyl (C=O) groups is 1. The normalized spacial score (nSPS) is 14.2. The Hall–Kier alpha value is -2.77.